The SMILES string of the molecule is O=C(COC(=O)CCC1CCCCC1)Nc1ccccc1-c1ccccc1. The summed E-state index contributed by atoms with van der Waals surface area (Å²) < 4.78 is 5.16. The topological polar surface area (TPSA) is 55.4 Å². The number of hydrogen-bond acceptors (Lipinski definition) is 3. The minimum Gasteiger partial charge on any atom is -0.456 e. The van der Waals surface area contributed by atoms with Crippen molar-refractivity contribution in [2.24, 2.45) is 5.92 Å². The molecular weight excluding hydrogens is 338 g/mol. The van der Waals surface area contributed by atoms with E-state index >= 15 is 0 Å². The number of carbonyl (C=O) groups is 2. The first-order valence-corrected chi connectivity index (χ1v) is 9.82. The highest BCUT2D eigenvalue weighted by molar-refractivity contribution is 5.96. The van der Waals surface area contributed by atoms with Crippen LogP contribution in [0.1, 0.15) is 44.9 Å². The van der Waals surface area contributed by atoms with Crippen molar-refractivity contribution in [1.82, 2.24) is 0 Å². The Morgan fingerprint density at radius 2 is 1.63 bits per heavy atom. The number of benzene rings is 2. The Bertz CT molecular complexity index is 751. The summed E-state index contributed by atoms with van der Waals surface area (Å²) in [4.78, 5) is 24.1. The number of amides is 1. The maximum absolute atomic E-state index is 12.2. The van der Waals surface area contributed by atoms with E-state index in [0.717, 1.165) is 17.5 Å². The van der Waals surface area contributed by atoms with E-state index in [1.54, 1.807) is 0 Å². The zero-order valence-corrected chi connectivity index (χ0v) is 15.7. The van der Waals surface area contributed by atoms with Gasteiger partial charge in [-0.15, -0.1) is 0 Å². The van der Waals surface area contributed by atoms with Crippen LogP contribution < -0.4 is 5.32 Å². The van der Waals surface area contributed by atoms with Gasteiger partial charge in [-0.1, -0.05) is 80.6 Å². The van der Waals surface area contributed by atoms with Crippen LogP contribution in [0.25, 0.3) is 11.1 Å². The van der Waals surface area contributed by atoms with E-state index in [1.165, 1.54) is 32.1 Å². The quantitative estimate of drug-likeness (QED) is 0.687. The summed E-state index contributed by atoms with van der Waals surface area (Å²) in [7, 11) is 0. The van der Waals surface area contributed by atoms with Crippen LogP contribution in [0.2, 0.25) is 0 Å². The average molecular weight is 365 g/mol. The molecule has 1 aliphatic carbocycles. The van der Waals surface area contributed by atoms with Gasteiger partial charge in [0.15, 0.2) is 6.61 Å². The molecule has 27 heavy (non-hydrogen) atoms. The van der Waals surface area contributed by atoms with E-state index in [9.17, 15) is 9.59 Å². The molecule has 1 saturated carbocycles. The molecular formula is C23H27NO3. The van der Waals surface area contributed by atoms with Crippen LogP contribution in [0.15, 0.2) is 54.6 Å². The summed E-state index contributed by atoms with van der Waals surface area (Å²) in [6.07, 6.45) is 7.54. The zero-order chi connectivity index (χ0) is 18.9. The number of ether oxygens (including phenoxy) is 1. The first kappa shape index (κ1) is 19.2. The summed E-state index contributed by atoms with van der Waals surface area (Å²) in [6, 6.07) is 17.5. The third-order valence-corrected chi connectivity index (χ3v) is 5.13. The lowest BCUT2D eigenvalue weighted by Crippen LogP contribution is -2.21. The number of rotatable bonds is 7. The number of para-hydroxylation sites is 1. The number of esters is 1. The molecule has 4 heteroatoms. The van der Waals surface area contributed by atoms with Gasteiger partial charge in [-0.25, -0.2) is 0 Å². The van der Waals surface area contributed by atoms with E-state index in [2.05, 4.69) is 5.32 Å². The summed E-state index contributed by atoms with van der Waals surface area (Å²) >= 11 is 0. The highest BCUT2D eigenvalue weighted by atomic mass is 16.5. The van der Waals surface area contributed by atoms with Gasteiger partial charge in [0.25, 0.3) is 5.91 Å². The Balaban J connectivity index is 1.47. The van der Waals surface area contributed by atoms with Gasteiger partial charge in [0.05, 0.1) is 0 Å². The third-order valence-electron chi connectivity index (χ3n) is 5.13. The smallest absolute Gasteiger partial charge is 0.306 e. The lowest BCUT2D eigenvalue weighted by atomic mass is 9.86. The monoisotopic (exact) mass is 365 g/mol. The zero-order valence-electron chi connectivity index (χ0n) is 15.7. The van der Waals surface area contributed by atoms with Crippen LogP contribution >= 0.6 is 0 Å². The number of carbonyl (C=O) groups excluding carboxylic acids is 2. The highest BCUT2D eigenvalue weighted by Gasteiger charge is 2.16. The number of nitrogens with one attached hydrogen (secondary N) is 1. The fourth-order valence-corrected chi connectivity index (χ4v) is 3.66. The Labute approximate surface area is 160 Å². The van der Waals surface area contributed by atoms with Crippen LogP contribution in [0.3, 0.4) is 0 Å². The maximum Gasteiger partial charge on any atom is 0.306 e. The molecule has 2 aromatic rings. The van der Waals surface area contributed by atoms with Crippen LogP contribution in [-0.2, 0) is 14.3 Å². The van der Waals surface area contributed by atoms with E-state index in [4.69, 9.17) is 4.74 Å². The molecule has 1 fully saturated rings. The standard InChI is InChI=1S/C23H27NO3/c25-22(17-27-23(26)16-15-18-9-3-1-4-10-18)24-21-14-8-7-13-20(21)19-11-5-2-6-12-19/h2,5-8,11-14,18H,1,3-4,9-10,15-17H2,(H,24,25). The van der Waals surface area contributed by atoms with Crippen LogP contribution in [0, 0.1) is 5.92 Å². The largest absolute Gasteiger partial charge is 0.456 e. The van der Waals surface area contributed by atoms with Crippen molar-refractivity contribution < 1.29 is 14.3 Å². The van der Waals surface area contributed by atoms with Crippen molar-refractivity contribution in [2.75, 3.05) is 11.9 Å². The van der Waals surface area contributed by atoms with E-state index in [0.29, 0.717) is 18.0 Å². The third kappa shape index (κ3) is 5.95. The van der Waals surface area contributed by atoms with Gasteiger partial charge in [-0.3, -0.25) is 9.59 Å². The first-order valence-electron chi connectivity index (χ1n) is 9.82. The van der Waals surface area contributed by atoms with Gasteiger partial charge in [-0.2, -0.15) is 0 Å². The van der Waals surface area contributed by atoms with Crippen molar-refractivity contribution in [3.05, 3.63) is 54.6 Å². The molecule has 0 heterocycles. The number of anilines is 1. The fraction of sp³-hybridized carbons (Fsp3) is 0.391. The molecule has 1 N–H and O–H groups in total. The number of hydrogen-bond donors (Lipinski definition) is 1. The van der Waals surface area contributed by atoms with Gasteiger partial charge in [0, 0.05) is 17.7 Å². The molecule has 0 aliphatic heterocycles. The van der Waals surface area contributed by atoms with Gasteiger partial charge in [-0.05, 0) is 24.0 Å². The van der Waals surface area contributed by atoms with E-state index < -0.39 is 0 Å². The molecule has 0 spiro atoms. The second kappa shape index (κ2) is 9.91. The van der Waals surface area contributed by atoms with Crippen molar-refractivity contribution >= 4 is 17.6 Å². The molecule has 1 amide bonds. The molecule has 4 nitrogen and oxygen atoms in total. The second-order valence-corrected chi connectivity index (χ2v) is 7.16. The molecule has 0 unspecified atom stereocenters. The van der Waals surface area contributed by atoms with Gasteiger partial charge in [0.1, 0.15) is 0 Å². The molecule has 0 atom stereocenters. The normalized spacial score (nSPS) is 14.5. The van der Waals surface area contributed by atoms with E-state index in [1.807, 2.05) is 54.6 Å². The molecule has 142 valence electrons. The summed E-state index contributed by atoms with van der Waals surface area (Å²) in [5.41, 5.74) is 2.68. The molecule has 0 bridgehead atoms. The Kier molecular flexibility index (Phi) is 7.03. The molecule has 0 saturated heterocycles. The predicted molar refractivity (Wildman–Crippen MR) is 107 cm³/mol. The average Bonchev–Trinajstić information content (AvgIpc) is 2.72. The van der Waals surface area contributed by atoms with Crippen LogP contribution in [0.4, 0.5) is 5.69 Å². The van der Waals surface area contributed by atoms with Crippen molar-refractivity contribution in [3.63, 3.8) is 0 Å². The van der Waals surface area contributed by atoms with Gasteiger partial charge < -0.3 is 10.1 Å². The lowest BCUT2D eigenvalue weighted by Gasteiger charge is -2.20. The minimum atomic E-state index is -0.315. The lowest BCUT2D eigenvalue weighted by molar-refractivity contribution is -0.147. The van der Waals surface area contributed by atoms with Crippen LogP contribution in [0.5, 0.6) is 0 Å². The fourth-order valence-electron chi connectivity index (χ4n) is 3.66. The Hall–Kier alpha value is -2.62. The maximum atomic E-state index is 12.2. The van der Waals surface area contributed by atoms with Gasteiger partial charge in [0.2, 0.25) is 0 Å². The summed E-state index contributed by atoms with van der Waals surface area (Å²) in [6.45, 7) is -0.243. The molecule has 0 radical (unpaired) electrons. The van der Waals surface area contributed by atoms with Crippen molar-refractivity contribution in [3.8, 4) is 11.1 Å². The summed E-state index contributed by atoms with van der Waals surface area (Å²) in [5.74, 6) is 0.0364. The van der Waals surface area contributed by atoms with Crippen molar-refractivity contribution in [1.29, 1.82) is 0 Å². The van der Waals surface area contributed by atoms with Crippen molar-refractivity contribution in [2.45, 2.75) is 44.9 Å². The highest BCUT2D eigenvalue weighted by Crippen LogP contribution is 2.28. The Morgan fingerprint density at radius 3 is 2.41 bits per heavy atom. The van der Waals surface area contributed by atoms with E-state index in [-0.39, 0.29) is 18.5 Å². The minimum absolute atomic E-state index is 0.243. The molecule has 3 rings (SSSR count). The van der Waals surface area contributed by atoms with Gasteiger partial charge >= 0.3 is 5.97 Å². The molecule has 0 aromatic heterocycles. The summed E-state index contributed by atoms with van der Waals surface area (Å²) in [5, 5.41) is 2.85. The molecule has 2 aromatic carbocycles. The predicted octanol–water partition coefficient (Wildman–Crippen LogP) is 5.20. The first-order chi connectivity index (χ1) is 13.2. The molecule has 1 aliphatic rings. The Morgan fingerprint density at radius 1 is 0.926 bits per heavy atom. The second-order valence-electron chi connectivity index (χ2n) is 7.16. The van der Waals surface area contributed by atoms with Crippen LogP contribution in [-0.4, -0.2) is 18.5 Å².